The Morgan fingerprint density at radius 3 is 2.81 bits per heavy atom. The molecule has 2 atom stereocenters. The second-order valence-electron chi connectivity index (χ2n) is 5.55. The largest absolute Gasteiger partial charge is 0.393 e. The third-order valence-electron chi connectivity index (χ3n) is 4.22. The van der Waals surface area contributed by atoms with Gasteiger partial charge in [0.05, 0.1) is 6.10 Å². The fraction of sp³-hybridized carbons (Fsp3) is 0.625. The zero-order valence-electron chi connectivity index (χ0n) is 12.9. The van der Waals surface area contributed by atoms with Gasteiger partial charge in [0, 0.05) is 37.4 Å². The summed E-state index contributed by atoms with van der Waals surface area (Å²) < 4.78 is 0. The highest BCUT2D eigenvalue weighted by Gasteiger charge is 2.24. The molecule has 1 heterocycles. The van der Waals surface area contributed by atoms with Crippen LogP contribution in [0.1, 0.15) is 43.6 Å². The number of hydrogen-bond donors (Lipinski definition) is 2. The number of aromatic nitrogens is 1. The molecule has 0 bridgehead atoms. The van der Waals surface area contributed by atoms with Gasteiger partial charge < -0.3 is 15.3 Å². The first kappa shape index (κ1) is 15.8. The smallest absolute Gasteiger partial charge is 0.272 e. The quantitative estimate of drug-likeness (QED) is 0.843. The van der Waals surface area contributed by atoms with Crippen molar-refractivity contribution in [3.05, 3.63) is 24.0 Å². The summed E-state index contributed by atoms with van der Waals surface area (Å²) in [5.74, 6) is 0.268. The summed E-state index contributed by atoms with van der Waals surface area (Å²) in [6.45, 7) is 6.03. The summed E-state index contributed by atoms with van der Waals surface area (Å²) in [5.41, 5.74) is 1.36. The Morgan fingerprint density at radius 2 is 2.19 bits per heavy atom. The molecule has 116 valence electrons. The minimum atomic E-state index is -0.198. The highest BCUT2D eigenvalue weighted by molar-refractivity contribution is 5.93. The van der Waals surface area contributed by atoms with Crippen LogP contribution in [0, 0.1) is 5.92 Å². The maximum Gasteiger partial charge on any atom is 0.272 e. The Morgan fingerprint density at radius 1 is 1.43 bits per heavy atom. The molecular formula is C16H25N3O2. The monoisotopic (exact) mass is 291 g/mol. The Balaban J connectivity index is 1.98. The predicted octanol–water partition coefficient (Wildman–Crippen LogP) is 2.14. The maximum absolute atomic E-state index is 12.3. The molecule has 1 aliphatic carbocycles. The number of nitrogens with zero attached hydrogens (tertiary/aromatic N) is 2. The molecule has 0 spiro atoms. The van der Waals surface area contributed by atoms with Crippen molar-refractivity contribution >= 4 is 11.6 Å². The van der Waals surface area contributed by atoms with Gasteiger partial charge in [-0.1, -0.05) is 6.42 Å². The molecule has 1 amide bonds. The average molecular weight is 291 g/mol. The second kappa shape index (κ2) is 7.41. The SMILES string of the molecule is CCN(CC)C(=O)c1cc(NCC2CCCC2O)ccn1. The van der Waals surface area contributed by atoms with Gasteiger partial charge in [0.2, 0.25) is 0 Å². The van der Waals surface area contributed by atoms with Crippen LogP contribution < -0.4 is 5.32 Å². The van der Waals surface area contributed by atoms with Gasteiger partial charge >= 0.3 is 0 Å². The van der Waals surface area contributed by atoms with Crippen LogP contribution in [0.2, 0.25) is 0 Å². The molecule has 0 aromatic carbocycles. The molecule has 1 fully saturated rings. The lowest BCUT2D eigenvalue weighted by Gasteiger charge is -2.19. The zero-order valence-corrected chi connectivity index (χ0v) is 12.9. The highest BCUT2D eigenvalue weighted by Crippen LogP contribution is 2.25. The number of amides is 1. The van der Waals surface area contributed by atoms with Crippen molar-refractivity contribution < 1.29 is 9.90 Å². The summed E-state index contributed by atoms with van der Waals surface area (Å²) in [6.07, 6.45) is 4.51. The van der Waals surface area contributed by atoms with Crippen molar-refractivity contribution in [1.82, 2.24) is 9.88 Å². The topological polar surface area (TPSA) is 65.5 Å². The van der Waals surface area contributed by atoms with Crippen LogP contribution in [0.4, 0.5) is 5.69 Å². The minimum Gasteiger partial charge on any atom is -0.393 e. The Hall–Kier alpha value is -1.62. The number of carbonyl (C=O) groups excluding carboxylic acids is 1. The lowest BCUT2D eigenvalue weighted by molar-refractivity contribution is 0.0767. The number of hydrogen-bond acceptors (Lipinski definition) is 4. The number of carbonyl (C=O) groups is 1. The van der Waals surface area contributed by atoms with E-state index in [1.807, 2.05) is 19.9 Å². The molecule has 0 radical (unpaired) electrons. The fourth-order valence-electron chi connectivity index (χ4n) is 2.83. The van der Waals surface area contributed by atoms with Gasteiger partial charge in [-0.15, -0.1) is 0 Å². The second-order valence-corrected chi connectivity index (χ2v) is 5.55. The van der Waals surface area contributed by atoms with E-state index in [9.17, 15) is 9.90 Å². The lowest BCUT2D eigenvalue weighted by Crippen LogP contribution is -2.31. The Bertz CT molecular complexity index is 474. The lowest BCUT2D eigenvalue weighted by atomic mass is 10.1. The van der Waals surface area contributed by atoms with E-state index in [1.165, 1.54) is 0 Å². The van der Waals surface area contributed by atoms with Gasteiger partial charge in [-0.3, -0.25) is 9.78 Å². The van der Waals surface area contributed by atoms with E-state index in [1.54, 1.807) is 17.2 Å². The molecular weight excluding hydrogens is 266 g/mol. The van der Waals surface area contributed by atoms with Gasteiger partial charge in [-0.25, -0.2) is 0 Å². The van der Waals surface area contributed by atoms with Crippen LogP contribution >= 0.6 is 0 Å². The molecule has 21 heavy (non-hydrogen) atoms. The van der Waals surface area contributed by atoms with Crippen molar-refractivity contribution in [1.29, 1.82) is 0 Å². The molecule has 1 aliphatic rings. The van der Waals surface area contributed by atoms with Gasteiger partial charge in [0.25, 0.3) is 5.91 Å². The van der Waals surface area contributed by atoms with Crippen LogP contribution in [0.15, 0.2) is 18.3 Å². The van der Waals surface area contributed by atoms with E-state index >= 15 is 0 Å². The van der Waals surface area contributed by atoms with Crippen molar-refractivity contribution in [2.45, 2.75) is 39.2 Å². The molecule has 1 aromatic heterocycles. The standard InChI is InChI=1S/C16H25N3O2/c1-3-19(4-2)16(21)14-10-13(8-9-17-14)18-11-12-6-5-7-15(12)20/h8-10,12,15,20H,3-7,11H2,1-2H3,(H,17,18). The number of rotatable bonds is 6. The van der Waals surface area contributed by atoms with Crippen LogP contribution in [0.25, 0.3) is 0 Å². The minimum absolute atomic E-state index is 0.0375. The number of nitrogens with one attached hydrogen (secondary N) is 1. The van der Waals surface area contributed by atoms with E-state index in [4.69, 9.17) is 0 Å². The van der Waals surface area contributed by atoms with Crippen LogP contribution in [0.5, 0.6) is 0 Å². The highest BCUT2D eigenvalue weighted by atomic mass is 16.3. The van der Waals surface area contributed by atoms with Gasteiger partial charge in [-0.2, -0.15) is 0 Å². The molecule has 5 heteroatoms. The van der Waals surface area contributed by atoms with Crippen LogP contribution in [-0.2, 0) is 0 Å². The Labute approximate surface area is 126 Å². The summed E-state index contributed by atoms with van der Waals surface area (Å²) in [4.78, 5) is 18.2. The van der Waals surface area contributed by atoms with E-state index < -0.39 is 0 Å². The van der Waals surface area contributed by atoms with Crippen LogP contribution in [0.3, 0.4) is 0 Å². The Kier molecular flexibility index (Phi) is 5.56. The molecule has 0 saturated heterocycles. The first-order valence-electron chi connectivity index (χ1n) is 7.83. The van der Waals surface area contributed by atoms with Crippen molar-refractivity contribution in [3.63, 3.8) is 0 Å². The molecule has 2 rings (SSSR count). The summed E-state index contributed by atoms with van der Waals surface area (Å²) in [6, 6.07) is 3.66. The fourth-order valence-corrected chi connectivity index (χ4v) is 2.83. The number of aliphatic hydroxyl groups is 1. The van der Waals surface area contributed by atoms with E-state index in [0.29, 0.717) is 24.7 Å². The molecule has 2 N–H and O–H groups in total. The van der Waals surface area contributed by atoms with Gasteiger partial charge in [0.15, 0.2) is 0 Å². The van der Waals surface area contributed by atoms with Crippen molar-refractivity contribution in [2.75, 3.05) is 25.0 Å². The molecule has 2 unspecified atom stereocenters. The summed E-state index contributed by atoms with van der Waals surface area (Å²) >= 11 is 0. The zero-order chi connectivity index (χ0) is 15.2. The normalized spacial score (nSPS) is 21.3. The summed E-state index contributed by atoms with van der Waals surface area (Å²) in [7, 11) is 0. The predicted molar refractivity (Wildman–Crippen MR) is 83.3 cm³/mol. The van der Waals surface area contributed by atoms with Gasteiger partial charge in [-0.05, 0) is 38.8 Å². The van der Waals surface area contributed by atoms with Crippen molar-refractivity contribution in [2.24, 2.45) is 5.92 Å². The molecule has 1 aromatic rings. The first-order valence-corrected chi connectivity index (χ1v) is 7.83. The molecule has 1 saturated carbocycles. The third-order valence-corrected chi connectivity index (χ3v) is 4.22. The van der Waals surface area contributed by atoms with E-state index in [2.05, 4.69) is 10.3 Å². The first-order chi connectivity index (χ1) is 10.2. The summed E-state index contributed by atoms with van der Waals surface area (Å²) in [5, 5.41) is 13.1. The van der Waals surface area contributed by atoms with Gasteiger partial charge in [0.1, 0.15) is 5.69 Å². The van der Waals surface area contributed by atoms with E-state index in [0.717, 1.165) is 31.5 Å². The maximum atomic E-state index is 12.3. The van der Waals surface area contributed by atoms with Crippen molar-refractivity contribution in [3.8, 4) is 0 Å². The van der Waals surface area contributed by atoms with Crippen LogP contribution in [-0.4, -0.2) is 46.6 Å². The molecule has 5 nitrogen and oxygen atoms in total. The number of aliphatic hydroxyl groups excluding tert-OH is 1. The number of pyridine rings is 1. The number of anilines is 1. The third kappa shape index (κ3) is 3.94. The van der Waals surface area contributed by atoms with E-state index in [-0.39, 0.29) is 12.0 Å². The average Bonchev–Trinajstić information content (AvgIpc) is 2.92. The molecule has 0 aliphatic heterocycles.